The fourth-order valence-corrected chi connectivity index (χ4v) is 2.02. The van der Waals surface area contributed by atoms with Gasteiger partial charge in [-0.25, -0.2) is 0 Å². The van der Waals surface area contributed by atoms with Crippen LogP contribution in [-0.4, -0.2) is 27.2 Å². The maximum absolute atomic E-state index is 12.0. The van der Waals surface area contributed by atoms with Crippen molar-refractivity contribution < 1.29 is 15.0 Å². The second kappa shape index (κ2) is 6.91. The summed E-state index contributed by atoms with van der Waals surface area (Å²) in [6.07, 6.45) is 0.675. The number of rotatable bonds is 5. The molecule has 0 aliphatic rings. The molecule has 0 spiro atoms. The number of aromatic nitrogens is 1. The lowest BCUT2D eigenvalue weighted by atomic mass is 10.1. The van der Waals surface area contributed by atoms with Crippen LogP contribution < -0.4 is 10.9 Å². The van der Waals surface area contributed by atoms with Gasteiger partial charge in [-0.3, -0.25) is 9.59 Å². The molecule has 2 rings (SSSR count). The summed E-state index contributed by atoms with van der Waals surface area (Å²) >= 11 is 0. The van der Waals surface area contributed by atoms with Crippen molar-refractivity contribution in [2.24, 2.45) is 0 Å². The molecule has 0 aliphatic heterocycles. The molecular weight excluding hydrogens is 284 g/mol. The zero-order valence-electron chi connectivity index (χ0n) is 12.2. The van der Waals surface area contributed by atoms with E-state index in [1.165, 1.54) is 22.8 Å². The Bertz CT molecular complexity index is 707. The Labute approximate surface area is 127 Å². The first-order chi connectivity index (χ1) is 10.5. The van der Waals surface area contributed by atoms with Crippen LogP contribution in [0.2, 0.25) is 0 Å². The van der Waals surface area contributed by atoms with E-state index in [1.54, 1.807) is 24.4 Å². The monoisotopic (exact) mass is 302 g/mol. The molecule has 0 saturated heterocycles. The molecule has 22 heavy (non-hydrogen) atoms. The predicted molar refractivity (Wildman–Crippen MR) is 81.8 cm³/mol. The van der Waals surface area contributed by atoms with E-state index in [9.17, 15) is 19.8 Å². The molecule has 2 aromatic rings. The number of carbonyl (C=O) groups excluding carboxylic acids is 1. The highest BCUT2D eigenvalue weighted by atomic mass is 16.3. The van der Waals surface area contributed by atoms with Crippen LogP contribution in [0.15, 0.2) is 47.4 Å². The molecule has 0 radical (unpaired) electrons. The minimum absolute atomic E-state index is 0.0144. The minimum Gasteiger partial charge on any atom is -0.508 e. The Balaban J connectivity index is 1.99. The molecule has 1 aromatic carbocycles. The van der Waals surface area contributed by atoms with Crippen molar-refractivity contribution >= 4 is 5.91 Å². The van der Waals surface area contributed by atoms with E-state index in [1.807, 2.05) is 6.92 Å². The van der Waals surface area contributed by atoms with E-state index >= 15 is 0 Å². The molecule has 6 heteroatoms. The van der Waals surface area contributed by atoms with Crippen LogP contribution in [-0.2, 0) is 6.54 Å². The average molecular weight is 302 g/mol. The van der Waals surface area contributed by atoms with Crippen molar-refractivity contribution in [2.45, 2.75) is 19.6 Å². The molecule has 1 atom stereocenters. The largest absolute Gasteiger partial charge is 0.508 e. The summed E-state index contributed by atoms with van der Waals surface area (Å²) in [6, 6.07) is 8.91. The smallest absolute Gasteiger partial charge is 0.251 e. The lowest BCUT2D eigenvalue weighted by Crippen LogP contribution is -2.30. The molecule has 1 heterocycles. The molecule has 0 unspecified atom stereocenters. The van der Waals surface area contributed by atoms with Crippen LogP contribution in [0.25, 0.3) is 0 Å². The van der Waals surface area contributed by atoms with Crippen molar-refractivity contribution in [1.82, 2.24) is 9.88 Å². The van der Waals surface area contributed by atoms with Gasteiger partial charge in [-0.05, 0) is 30.7 Å². The number of carbonyl (C=O) groups is 1. The number of hydrogen-bond donors (Lipinski definition) is 3. The molecule has 0 saturated carbocycles. The SMILES string of the molecule is CCn1ccc(C(=O)NC[C@@H](O)c2ccc(O)cc2)cc1=O. The first-order valence-electron chi connectivity index (χ1n) is 6.97. The minimum atomic E-state index is -0.888. The zero-order chi connectivity index (χ0) is 16.1. The lowest BCUT2D eigenvalue weighted by Gasteiger charge is -2.12. The number of phenolic OH excluding ortho intramolecular Hbond substituents is 1. The third-order valence-corrected chi connectivity index (χ3v) is 3.33. The summed E-state index contributed by atoms with van der Waals surface area (Å²) in [5, 5.41) is 21.7. The second-order valence-electron chi connectivity index (χ2n) is 4.86. The number of aryl methyl sites for hydroxylation is 1. The van der Waals surface area contributed by atoms with Crippen molar-refractivity contribution in [2.75, 3.05) is 6.54 Å². The van der Waals surface area contributed by atoms with Crippen molar-refractivity contribution in [3.8, 4) is 5.75 Å². The number of pyridine rings is 1. The van der Waals surface area contributed by atoms with E-state index in [0.29, 0.717) is 12.1 Å². The van der Waals surface area contributed by atoms with E-state index in [0.717, 1.165) is 0 Å². The van der Waals surface area contributed by atoms with Crippen LogP contribution in [0.1, 0.15) is 28.9 Å². The van der Waals surface area contributed by atoms with E-state index in [-0.39, 0.29) is 23.4 Å². The number of amides is 1. The van der Waals surface area contributed by atoms with Gasteiger partial charge in [0.2, 0.25) is 0 Å². The van der Waals surface area contributed by atoms with Gasteiger partial charge in [0.15, 0.2) is 0 Å². The normalized spacial score (nSPS) is 11.9. The van der Waals surface area contributed by atoms with E-state index in [4.69, 9.17) is 0 Å². The number of aliphatic hydroxyl groups is 1. The van der Waals surface area contributed by atoms with Crippen LogP contribution >= 0.6 is 0 Å². The molecule has 1 aromatic heterocycles. The Hall–Kier alpha value is -2.60. The number of aliphatic hydroxyl groups excluding tert-OH is 1. The maximum atomic E-state index is 12.0. The maximum Gasteiger partial charge on any atom is 0.251 e. The van der Waals surface area contributed by atoms with Crippen LogP contribution in [0.3, 0.4) is 0 Å². The van der Waals surface area contributed by atoms with E-state index in [2.05, 4.69) is 5.32 Å². The lowest BCUT2D eigenvalue weighted by molar-refractivity contribution is 0.0916. The van der Waals surface area contributed by atoms with Gasteiger partial charge >= 0.3 is 0 Å². The predicted octanol–water partition coefficient (Wildman–Crippen LogP) is 1.04. The Kier molecular flexibility index (Phi) is 4.95. The summed E-state index contributed by atoms with van der Waals surface area (Å²) in [7, 11) is 0. The van der Waals surface area contributed by atoms with Gasteiger partial charge in [0.05, 0.1) is 6.10 Å². The van der Waals surface area contributed by atoms with Gasteiger partial charge in [0, 0.05) is 30.9 Å². The summed E-state index contributed by atoms with van der Waals surface area (Å²) in [5.74, 6) is -0.311. The van der Waals surface area contributed by atoms with Gasteiger partial charge in [-0.1, -0.05) is 12.1 Å². The summed E-state index contributed by atoms with van der Waals surface area (Å²) < 4.78 is 1.49. The Morgan fingerprint density at radius 2 is 1.95 bits per heavy atom. The van der Waals surface area contributed by atoms with Crippen LogP contribution in [0.5, 0.6) is 5.75 Å². The number of phenols is 1. The first kappa shape index (κ1) is 15.8. The fraction of sp³-hybridized carbons (Fsp3) is 0.250. The molecule has 0 fully saturated rings. The summed E-state index contributed by atoms with van der Waals surface area (Å²) in [6.45, 7) is 2.40. The second-order valence-corrected chi connectivity index (χ2v) is 4.86. The summed E-state index contributed by atoms with van der Waals surface area (Å²) in [4.78, 5) is 23.7. The number of aromatic hydroxyl groups is 1. The van der Waals surface area contributed by atoms with Gasteiger partial charge in [0.1, 0.15) is 5.75 Å². The van der Waals surface area contributed by atoms with Gasteiger partial charge in [-0.15, -0.1) is 0 Å². The molecule has 0 aliphatic carbocycles. The van der Waals surface area contributed by atoms with Crippen LogP contribution in [0.4, 0.5) is 0 Å². The number of hydrogen-bond acceptors (Lipinski definition) is 4. The van der Waals surface area contributed by atoms with Gasteiger partial charge in [-0.2, -0.15) is 0 Å². The highest BCUT2D eigenvalue weighted by molar-refractivity contribution is 5.93. The van der Waals surface area contributed by atoms with Crippen molar-refractivity contribution in [1.29, 1.82) is 0 Å². The molecule has 1 amide bonds. The quantitative estimate of drug-likeness (QED) is 0.769. The van der Waals surface area contributed by atoms with Gasteiger partial charge < -0.3 is 20.1 Å². The molecule has 0 bridgehead atoms. The topological polar surface area (TPSA) is 91.6 Å². The summed E-state index contributed by atoms with van der Waals surface area (Å²) in [5.41, 5.74) is 0.598. The third-order valence-electron chi connectivity index (χ3n) is 3.33. The highest BCUT2D eigenvalue weighted by Crippen LogP contribution is 2.16. The first-order valence-corrected chi connectivity index (χ1v) is 6.97. The van der Waals surface area contributed by atoms with Crippen molar-refractivity contribution in [3.63, 3.8) is 0 Å². The Morgan fingerprint density at radius 1 is 1.27 bits per heavy atom. The van der Waals surface area contributed by atoms with Gasteiger partial charge in [0.25, 0.3) is 11.5 Å². The number of benzene rings is 1. The molecular formula is C16H18N2O4. The molecule has 3 N–H and O–H groups in total. The van der Waals surface area contributed by atoms with Crippen LogP contribution in [0, 0.1) is 0 Å². The Morgan fingerprint density at radius 3 is 2.55 bits per heavy atom. The standard InChI is InChI=1S/C16H18N2O4/c1-2-18-8-7-12(9-15(18)21)16(22)17-10-14(20)11-3-5-13(19)6-4-11/h3-9,14,19-20H,2,10H2,1H3,(H,17,22)/t14-/m1/s1. The fourth-order valence-electron chi connectivity index (χ4n) is 2.02. The van der Waals surface area contributed by atoms with E-state index < -0.39 is 12.0 Å². The zero-order valence-corrected chi connectivity index (χ0v) is 12.2. The van der Waals surface area contributed by atoms with Crippen molar-refractivity contribution in [3.05, 3.63) is 64.1 Å². The highest BCUT2D eigenvalue weighted by Gasteiger charge is 2.11. The average Bonchev–Trinajstić information content (AvgIpc) is 2.52. The molecule has 6 nitrogen and oxygen atoms in total. The third kappa shape index (κ3) is 3.73. The number of nitrogens with zero attached hydrogens (tertiary/aromatic N) is 1. The number of nitrogens with one attached hydrogen (secondary N) is 1. The molecule has 116 valence electrons.